The van der Waals surface area contributed by atoms with E-state index in [0.29, 0.717) is 17.0 Å². The molecule has 0 aliphatic heterocycles. The zero-order chi connectivity index (χ0) is 21.0. The number of benzene rings is 2. The Labute approximate surface area is 172 Å². The molecule has 29 heavy (non-hydrogen) atoms. The van der Waals surface area contributed by atoms with Crippen LogP contribution in [0.5, 0.6) is 5.75 Å². The van der Waals surface area contributed by atoms with Crippen LogP contribution in [0.2, 0.25) is 5.02 Å². The molecule has 1 amide bonds. The molecule has 1 aromatic heterocycles. The number of aromatic nitrogens is 1. The number of amides is 1. The Bertz CT molecular complexity index is 1070. The monoisotopic (exact) mass is 412 g/mol. The van der Waals surface area contributed by atoms with Gasteiger partial charge in [-0.05, 0) is 35.7 Å². The van der Waals surface area contributed by atoms with Gasteiger partial charge in [0.1, 0.15) is 0 Å². The van der Waals surface area contributed by atoms with Gasteiger partial charge in [0.2, 0.25) is 5.91 Å². The summed E-state index contributed by atoms with van der Waals surface area (Å²) in [5, 5.41) is 28.1. The molecule has 0 unspecified atom stereocenters. The van der Waals surface area contributed by atoms with Crippen LogP contribution in [0, 0.1) is 10.1 Å². The molecule has 0 fully saturated rings. The molecule has 2 aromatic carbocycles. The topological polar surface area (TPSA) is 108 Å². The van der Waals surface area contributed by atoms with Gasteiger partial charge in [0.15, 0.2) is 0 Å². The van der Waals surface area contributed by atoms with Crippen LogP contribution in [0.15, 0.2) is 48.7 Å². The lowest BCUT2D eigenvalue weighted by molar-refractivity contribution is -0.383. The standard InChI is InChI=1S/C21H20ClN3O4/c1-2-3-10-18(26)24-19(13-7-4-5-9-16(13)22)15-12-17(25(28)29)14-8-6-11-23-20(14)21(15)27/h4-9,11-12,19,27H,2-3,10H2,1H3,(H,24,26)/p-1/t19-/m0/s1. The molecule has 150 valence electrons. The van der Waals surface area contributed by atoms with Gasteiger partial charge in [0.05, 0.1) is 21.9 Å². The smallest absolute Gasteiger partial charge is 0.279 e. The molecule has 1 heterocycles. The summed E-state index contributed by atoms with van der Waals surface area (Å²) in [7, 11) is 0. The number of nitro benzene ring substituents is 1. The van der Waals surface area contributed by atoms with E-state index < -0.39 is 16.7 Å². The average Bonchev–Trinajstić information content (AvgIpc) is 2.71. The van der Waals surface area contributed by atoms with Crippen molar-refractivity contribution >= 4 is 34.1 Å². The van der Waals surface area contributed by atoms with E-state index in [-0.39, 0.29) is 34.5 Å². The minimum atomic E-state index is -0.925. The van der Waals surface area contributed by atoms with Gasteiger partial charge < -0.3 is 10.4 Å². The molecule has 0 spiro atoms. The first-order chi connectivity index (χ1) is 13.9. The van der Waals surface area contributed by atoms with E-state index >= 15 is 0 Å². The summed E-state index contributed by atoms with van der Waals surface area (Å²) in [5.41, 5.74) is 0.278. The van der Waals surface area contributed by atoms with Gasteiger partial charge in [-0.25, -0.2) is 0 Å². The first kappa shape index (κ1) is 20.5. The highest BCUT2D eigenvalue weighted by atomic mass is 35.5. The fraction of sp³-hybridized carbons (Fsp3) is 0.238. The Morgan fingerprint density at radius 3 is 2.69 bits per heavy atom. The number of non-ortho nitro benzene ring substituents is 1. The van der Waals surface area contributed by atoms with Crippen molar-refractivity contribution in [1.82, 2.24) is 10.3 Å². The van der Waals surface area contributed by atoms with Gasteiger partial charge in [0.25, 0.3) is 5.69 Å². The Balaban J connectivity index is 2.21. The number of carbonyl (C=O) groups is 1. The molecule has 1 N–H and O–H groups in total. The van der Waals surface area contributed by atoms with Crippen molar-refractivity contribution in [3.8, 4) is 5.75 Å². The number of rotatable bonds is 7. The zero-order valence-corrected chi connectivity index (χ0v) is 16.5. The predicted octanol–water partition coefficient (Wildman–Crippen LogP) is 4.27. The number of carbonyl (C=O) groups excluding carboxylic acids is 1. The number of halogens is 1. The number of unbranched alkanes of at least 4 members (excludes halogenated alkanes) is 1. The van der Waals surface area contributed by atoms with Crippen LogP contribution in [-0.4, -0.2) is 15.8 Å². The normalized spacial score (nSPS) is 11.9. The van der Waals surface area contributed by atoms with Crippen LogP contribution in [0.4, 0.5) is 5.69 Å². The Morgan fingerprint density at radius 2 is 2.00 bits per heavy atom. The lowest BCUT2D eigenvalue weighted by atomic mass is 9.95. The molecule has 8 heteroatoms. The molecular weight excluding hydrogens is 394 g/mol. The van der Waals surface area contributed by atoms with Crippen molar-refractivity contribution in [2.75, 3.05) is 0 Å². The van der Waals surface area contributed by atoms with Gasteiger partial charge in [-0.3, -0.25) is 19.9 Å². The van der Waals surface area contributed by atoms with Crippen molar-refractivity contribution in [2.24, 2.45) is 0 Å². The summed E-state index contributed by atoms with van der Waals surface area (Å²) >= 11 is 6.33. The SMILES string of the molecule is CCCCC(=O)N[C@@H](c1ccccc1Cl)c1cc([N+](=O)[O-])c2cccnc2c1[O-]. The van der Waals surface area contributed by atoms with Crippen LogP contribution >= 0.6 is 11.6 Å². The van der Waals surface area contributed by atoms with Crippen molar-refractivity contribution in [3.63, 3.8) is 0 Å². The first-order valence-corrected chi connectivity index (χ1v) is 9.58. The number of nitrogens with one attached hydrogen (secondary N) is 1. The van der Waals surface area contributed by atoms with E-state index in [1.54, 1.807) is 24.3 Å². The summed E-state index contributed by atoms with van der Waals surface area (Å²) in [5.74, 6) is -0.744. The van der Waals surface area contributed by atoms with Crippen molar-refractivity contribution < 1.29 is 14.8 Å². The van der Waals surface area contributed by atoms with E-state index in [1.807, 2.05) is 6.92 Å². The van der Waals surface area contributed by atoms with Crippen molar-refractivity contribution in [2.45, 2.75) is 32.2 Å². The fourth-order valence-corrected chi connectivity index (χ4v) is 3.43. The lowest BCUT2D eigenvalue weighted by Crippen LogP contribution is -2.30. The maximum atomic E-state index is 13.1. The third-order valence-corrected chi connectivity index (χ3v) is 4.98. The maximum Gasteiger partial charge on any atom is 0.279 e. The lowest BCUT2D eigenvalue weighted by Gasteiger charge is -2.26. The van der Waals surface area contributed by atoms with Crippen LogP contribution in [-0.2, 0) is 4.79 Å². The number of hydrogen-bond acceptors (Lipinski definition) is 5. The second-order valence-electron chi connectivity index (χ2n) is 6.60. The summed E-state index contributed by atoms with van der Waals surface area (Å²) in [6.45, 7) is 1.97. The molecule has 7 nitrogen and oxygen atoms in total. The quantitative estimate of drug-likeness (QED) is 0.460. The van der Waals surface area contributed by atoms with Gasteiger partial charge in [-0.1, -0.05) is 48.9 Å². The van der Waals surface area contributed by atoms with E-state index in [1.165, 1.54) is 24.4 Å². The number of nitrogens with zero attached hydrogens (tertiary/aromatic N) is 2. The number of hydrogen-bond donors (Lipinski definition) is 1. The number of nitro groups is 1. The van der Waals surface area contributed by atoms with Crippen LogP contribution in [0.25, 0.3) is 10.9 Å². The third-order valence-electron chi connectivity index (χ3n) is 4.64. The molecular formula is C21H19ClN3O4-. The Morgan fingerprint density at radius 1 is 1.24 bits per heavy atom. The fourth-order valence-electron chi connectivity index (χ4n) is 3.19. The van der Waals surface area contributed by atoms with Crippen molar-refractivity contribution in [3.05, 3.63) is 74.9 Å². The van der Waals surface area contributed by atoms with Crippen LogP contribution in [0.1, 0.15) is 43.4 Å². The molecule has 0 bridgehead atoms. The minimum Gasteiger partial charge on any atom is -0.871 e. The third kappa shape index (κ3) is 4.30. The molecule has 0 saturated carbocycles. The summed E-state index contributed by atoms with van der Waals surface area (Å²) < 4.78 is 0. The van der Waals surface area contributed by atoms with Gasteiger partial charge in [0, 0.05) is 23.7 Å². The molecule has 3 aromatic rings. The predicted molar refractivity (Wildman–Crippen MR) is 109 cm³/mol. The molecule has 3 rings (SSSR count). The van der Waals surface area contributed by atoms with E-state index in [9.17, 15) is 20.0 Å². The van der Waals surface area contributed by atoms with Gasteiger partial charge in [-0.15, -0.1) is 0 Å². The highest BCUT2D eigenvalue weighted by molar-refractivity contribution is 6.31. The van der Waals surface area contributed by atoms with Crippen molar-refractivity contribution in [1.29, 1.82) is 0 Å². The Kier molecular flexibility index (Phi) is 6.29. The average molecular weight is 413 g/mol. The number of pyridine rings is 1. The zero-order valence-electron chi connectivity index (χ0n) is 15.7. The highest BCUT2D eigenvalue weighted by Gasteiger charge is 2.25. The summed E-state index contributed by atoms with van der Waals surface area (Å²) in [6, 6.07) is 10.1. The maximum absolute atomic E-state index is 13.1. The molecule has 1 atom stereocenters. The van der Waals surface area contributed by atoms with E-state index in [4.69, 9.17) is 11.6 Å². The largest absolute Gasteiger partial charge is 0.871 e. The first-order valence-electron chi connectivity index (χ1n) is 9.20. The Hall–Kier alpha value is -3.19. The second kappa shape index (κ2) is 8.87. The van der Waals surface area contributed by atoms with E-state index in [2.05, 4.69) is 10.3 Å². The van der Waals surface area contributed by atoms with E-state index in [0.717, 1.165) is 6.42 Å². The molecule has 0 aliphatic rings. The molecule has 0 radical (unpaired) electrons. The van der Waals surface area contributed by atoms with Crippen LogP contribution in [0.3, 0.4) is 0 Å². The van der Waals surface area contributed by atoms with Crippen LogP contribution < -0.4 is 10.4 Å². The number of fused-ring (bicyclic) bond motifs is 1. The molecule has 0 aliphatic carbocycles. The minimum absolute atomic E-state index is 0.0171. The second-order valence-corrected chi connectivity index (χ2v) is 7.00. The van der Waals surface area contributed by atoms with Gasteiger partial charge in [-0.2, -0.15) is 0 Å². The highest BCUT2D eigenvalue weighted by Crippen LogP contribution is 2.39. The molecule has 0 saturated heterocycles. The summed E-state index contributed by atoms with van der Waals surface area (Å²) in [6.07, 6.45) is 3.20. The summed E-state index contributed by atoms with van der Waals surface area (Å²) in [4.78, 5) is 27.6. The van der Waals surface area contributed by atoms with Gasteiger partial charge >= 0.3 is 0 Å².